The van der Waals surface area contributed by atoms with Gasteiger partial charge in [0.2, 0.25) is 0 Å². The molecule has 0 spiro atoms. The number of ketones is 1. The van der Waals surface area contributed by atoms with Crippen molar-refractivity contribution in [3.63, 3.8) is 0 Å². The lowest BCUT2D eigenvalue weighted by molar-refractivity contribution is 0.0759. The molecular weight excluding hydrogens is 423 g/mol. The SMILES string of the molecule is CC(=O)c1ccc(C2C(C)(C)OC(N[C@@H](CCO)c3ccccc3F)=NS2(=O)=O)cc1. The van der Waals surface area contributed by atoms with Gasteiger partial charge in [-0.3, -0.25) is 4.79 Å². The average Bonchev–Trinajstić information content (AvgIpc) is 2.66. The molecule has 0 saturated carbocycles. The predicted octanol–water partition coefficient (Wildman–Crippen LogP) is 3.28. The van der Waals surface area contributed by atoms with Gasteiger partial charge in [-0.15, -0.1) is 4.40 Å². The van der Waals surface area contributed by atoms with Crippen molar-refractivity contribution in [1.29, 1.82) is 0 Å². The lowest BCUT2D eigenvalue weighted by Gasteiger charge is -2.38. The van der Waals surface area contributed by atoms with Crippen LogP contribution in [0.15, 0.2) is 52.9 Å². The predicted molar refractivity (Wildman–Crippen MR) is 115 cm³/mol. The fourth-order valence-electron chi connectivity index (χ4n) is 3.71. The third kappa shape index (κ3) is 4.94. The van der Waals surface area contributed by atoms with Gasteiger partial charge in [0.15, 0.2) is 5.78 Å². The van der Waals surface area contributed by atoms with E-state index < -0.39 is 32.7 Å². The van der Waals surface area contributed by atoms with Gasteiger partial charge in [-0.1, -0.05) is 42.5 Å². The van der Waals surface area contributed by atoms with Gasteiger partial charge in [-0.25, -0.2) is 12.8 Å². The molecule has 1 heterocycles. The maximum Gasteiger partial charge on any atom is 0.301 e. The number of rotatable bonds is 6. The lowest BCUT2D eigenvalue weighted by Crippen LogP contribution is -2.47. The number of benzene rings is 2. The van der Waals surface area contributed by atoms with Crippen LogP contribution in [0, 0.1) is 5.82 Å². The van der Waals surface area contributed by atoms with Crippen molar-refractivity contribution in [1.82, 2.24) is 5.32 Å². The molecule has 0 fully saturated rings. The Balaban J connectivity index is 1.94. The van der Waals surface area contributed by atoms with E-state index in [2.05, 4.69) is 9.71 Å². The molecule has 2 N–H and O–H groups in total. The minimum absolute atomic E-state index is 0.124. The third-order valence-corrected chi connectivity index (χ3v) is 6.97. The Kier molecular flexibility index (Phi) is 6.47. The summed E-state index contributed by atoms with van der Waals surface area (Å²) in [5, 5.41) is 11.1. The molecule has 0 radical (unpaired) electrons. The number of hydrogen-bond donors (Lipinski definition) is 2. The van der Waals surface area contributed by atoms with Crippen molar-refractivity contribution < 1.29 is 27.4 Å². The molecule has 1 aliphatic rings. The van der Waals surface area contributed by atoms with E-state index in [4.69, 9.17) is 4.74 Å². The zero-order chi connectivity index (χ0) is 22.8. The Morgan fingerprint density at radius 2 is 1.87 bits per heavy atom. The fraction of sp³-hybridized carbons (Fsp3) is 0.364. The molecule has 0 aliphatic carbocycles. The Morgan fingerprint density at radius 3 is 2.42 bits per heavy atom. The first kappa shape index (κ1) is 22.9. The first-order valence-electron chi connectivity index (χ1n) is 9.80. The van der Waals surface area contributed by atoms with Gasteiger partial charge in [0, 0.05) is 17.7 Å². The summed E-state index contributed by atoms with van der Waals surface area (Å²) < 4.78 is 50.1. The Morgan fingerprint density at radius 1 is 1.23 bits per heavy atom. The Labute approximate surface area is 181 Å². The minimum Gasteiger partial charge on any atom is -0.457 e. The van der Waals surface area contributed by atoms with E-state index in [1.54, 1.807) is 56.3 Å². The van der Waals surface area contributed by atoms with Crippen molar-refractivity contribution in [2.24, 2.45) is 4.40 Å². The topological polar surface area (TPSA) is 105 Å². The number of sulfonamides is 1. The van der Waals surface area contributed by atoms with Crippen molar-refractivity contribution in [3.8, 4) is 0 Å². The molecule has 0 aromatic heterocycles. The monoisotopic (exact) mass is 448 g/mol. The van der Waals surface area contributed by atoms with Crippen LogP contribution in [0.3, 0.4) is 0 Å². The molecule has 0 saturated heterocycles. The number of halogens is 1. The second kappa shape index (κ2) is 8.76. The number of amidine groups is 1. The second-order valence-corrected chi connectivity index (χ2v) is 9.59. The number of aliphatic hydroxyl groups excluding tert-OH is 1. The summed E-state index contributed by atoms with van der Waals surface area (Å²) in [6, 6.07) is 11.3. The molecule has 7 nitrogen and oxygen atoms in total. The van der Waals surface area contributed by atoms with Crippen LogP contribution in [0.4, 0.5) is 4.39 Å². The minimum atomic E-state index is -4.06. The maximum atomic E-state index is 14.2. The van der Waals surface area contributed by atoms with Gasteiger partial charge < -0.3 is 15.2 Å². The number of Topliss-reactive ketones (excluding diaryl/α,β-unsaturated/α-hetero) is 1. The third-order valence-electron chi connectivity index (χ3n) is 5.12. The van der Waals surface area contributed by atoms with E-state index in [0.717, 1.165) is 0 Å². The molecule has 166 valence electrons. The smallest absolute Gasteiger partial charge is 0.301 e. The van der Waals surface area contributed by atoms with Crippen molar-refractivity contribution in [2.75, 3.05) is 6.61 Å². The average molecular weight is 449 g/mol. The van der Waals surface area contributed by atoms with Crippen LogP contribution in [0.25, 0.3) is 0 Å². The molecular formula is C22H25FN2O5S. The van der Waals surface area contributed by atoms with Crippen LogP contribution in [0.1, 0.15) is 60.0 Å². The number of carbonyl (C=O) groups is 1. The zero-order valence-corrected chi connectivity index (χ0v) is 18.3. The highest BCUT2D eigenvalue weighted by Gasteiger charge is 2.47. The highest BCUT2D eigenvalue weighted by atomic mass is 32.2. The summed E-state index contributed by atoms with van der Waals surface area (Å²) in [5.74, 6) is -0.614. The van der Waals surface area contributed by atoms with Gasteiger partial charge >= 0.3 is 6.02 Å². The van der Waals surface area contributed by atoms with Gasteiger partial charge in [-0.05, 0) is 38.8 Å². The van der Waals surface area contributed by atoms with Crippen molar-refractivity contribution in [2.45, 2.75) is 44.1 Å². The number of nitrogens with one attached hydrogen (secondary N) is 1. The summed E-state index contributed by atoms with van der Waals surface area (Å²) in [7, 11) is -4.06. The number of ether oxygens (including phenoxy) is 1. The lowest BCUT2D eigenvalue weighted by atomic mass is 9.96. The van der Waals surface area contributed by atoms with Gasteiger partial charge in [0.05, 0.1) is 6.04 Å². The molecule has 2 aromatic carbocycles. The molecule has 1 unspecified atom stereocenters. The first-order valence-corrected chi connectivity index (χ1v) is 11.3. The summed E-state index contributed by atoms with van der Waals surface area (Å²) >= 11 is 0. The number of carbonyl (C=O) groups excluding carboxylic acids is 1. The molecule has 2 aromatic rings. The summed E-state index contributed by atoms with van der Waals surface area (Å²) in [6.07, 6.45) is 0.125. The molecule has 0 bridgehead atoms. The van der Waals surface area contributed by atoms with Crippen LogP contribution in [0.2, 0.25) is 0 Å². The van der Waals surface area contributed by atoms with Gasteiger partial charge in [0.25, 0.3) is 10.0 Å². The quantitative estimate of drug-likeness (QED) is 0.657. The normalized spacial score (nSPS) is 20.3. The zero-order valence-electron chi connectivity index (χ0n) is 17.5. The van der Waals surface area contributed by atoms with Crippen LogP contribution in [0.5, 0.6) is 0 Å². The van der Waals surface area contributed by atoms with E-state index in [1.165, 1.54) is 13.0 Å². The number of nitrogens with zero attached hydrogens (tertiary/aromatic N) is 1. The summed E-state index contributed by atoms with van der Waals surface area (Å²) in [6.45, 7) is 4.42. The van der Waals surface area contributed by atoms with Crippen molar-refractivity contribution >= 4 is 21.8 Å². The summed E-state index contributed by atoms with van der Waals surface area (Å²) in [4.78, 5) is 11.5. The molecule has 31 heavy (non-hydrogen) atoms. The Bertz CT molecular complexity index is 1100. The van der Waals surface area contributed by atoms with E-state index in [-0.39, 0.29) is 30.4 Å². The van der Waals surface area contributed by atoms with Crippen LogP contribution in [-0.4, -0.2) is 37.5 Å². The van der Waals surface area contributed by atoms with Crippen LogP contribution < -0.4 is 5.32 Å². The largest absolute Gasteiger partial charge is 0.457 e. The summed E-state index contributed by atoms with van der Waals surface area (Å²) in [5.41, 5.74) is -0.0308. The second-order valence-electron chi connectivity index (χ2n) is 7.91. The molecule has 2 atom stereocenters. The molecule has 9 heteroatoms. The highest BCUT2D eigenvalue weighted by molar-refractivity contribution is 7.90. The van der Waals surface area contributed by atoms with E-state index in [9.17, 15) is 22.7 Å². The van der Waals surface area contributed by atoms with E-state index >= 15 is 0 Å². The van der Waals surface area contributed by atoms with Crippen LogP contribution >= 0.6 is 0 Å². The molecule has 0 amide bonds. The van der Waals surface area contributed by atoms with Gasteiger partial charge in [0.1, 0.15) is 16.7 Å². The molecule has 3 rings (SSSR count). The molecule has 1 aliphatic heterocycles. The number of aliphatic hydroxyl groups is 1. The Hall–Kier alpha value is -2.78. The first-order chi connectivity index (χ1) is 14.5. The maximum absolute atomic E-state index is 14.2. The highest BCUT2D eigenvalue weighted by Crippen LogP contribution is 2.40. The van der Waals surface area contributed by atoms with Gasteiger partial charge in [-0.2, -0.15) is 0 Å². The van der Waals surface area contributed by atoms with Crippen molar-refractivity contribution in [3.05, 3.63) is 71.0 Å². The standard InChI is InChI=1S/C22H25FN2O5S/c1-14(27)15-8-10-16(11-9-15)20-22(2,3)30-21(25-31(20,28)29)24-19(12-13-26)17-6-4-5-7-18(17)23/h4-11,19-20,26H,12-13H2,1-3H3,(H,24,25)/t19-,20?/m0/s1. The number of hydrogen-bond acceptors (Lipinski definition) is 6. The van der Waals surface area contributed by atoms with Crippen LogP contribution in [-0.2, 0) is 14.8 Å². The fourth-order valence-corrected chi connectivity index (χ4v) is 5.40. The van der Waals surface area contributed by atoms with E-state index in [0.29, 0.717) is 11.1 Å². The van der Waals surface area contributed by atoms with E-state index in [1.807, 2.05) is 0 Å².